The van der Waals surface area contributed by atoms with Gasteiger partial charge in [-0.15, -0.1) is 0 Å². The minimum absolute atomic E-state index is 0.168. The van der Waals surface area contributed by atoms with E-state index in [1.165, 1.54) is 11.3 Å². The standard InChI is InChI=1S/C18H12ClN3O3S/c1-24-13-8-7-11(19)16-15(13)20-18(26-16)21-17(23)12-9-14(25-22-12)10-5-3-2-4-6-10/h2-9H,1H3,(H,20,21,23). The normalized spacial score (nSPS) is 10.8. The molecule has 0 saturated heterocycles. The first kappa shape index (κ1) is 16.6. The maximum atomic E-state index is 12.4. The molecule has 0 saturated carbocycles. The lowest BCUT2D eigenvalue weighted by atomic mass is 10.1. The molecule has 0 aliphatic carbocycles. The molecule has 26 heavy (non-hydrogen) atoms. The number of amides is 1. The second kappa shape index (κ2) is 6.78. The second-order valence-corrected chi connectivity index (χ2v) is 6.75. The zero-order valence-electron chi connectivity index (χ0n) is 13.5. The molecule has 4 rings (SSSR count). The number of carbonyl (C=O) groups excluding carboxylic acids is 1. The van der Waals surface area contributed by atoms with Gasteiger partial charge in [-0.25, -0.2) is 4.98 Å². The first-order chi connectivity index (χ1) is 12.7. The van der Waals surface area contributed by atoms with Gasteiger partial charge in [0.2, 0.25) is 0 Å². The van der Waals surface area contributed by atoms with Crippen LogP contribution in [0.1, 0.15) is 10.5 Å². The lowest BCUT2D eigenvalue weighted by Crippen LogP contribution is -2.11. The van der Waals surface area contributed by atoms with E-state index in [0.29, 0.717) is 27.2 Å². The van der Waals surface area contributed by atoms with Gasteiger partial charge in [-0.2, -0.15) is 0 Å². The predicted molar refractivity (Wildman–Crippen MR) is 101 cm³/mol. The number of benzene rings is 2. The summed E-state index contributed by atoms with van der Waals surface area (Å²) in [5.74, 6) is 0.698. The Kier molecular flexibility index (Phi) is 4.32. The maximum absolute atomic E-state index is 12.4. The first-order valence-electron chi connectivity index (χ1n) is 7.62. The van der Waals surface area contributed by atoms with Crippen LogP contribution in [0.4, 0.5) is 5.13 Å². The number of anilines is 1. The monoisotopic (exact) mass is 385 g/mol. The van der Waals surface area contributed by atoms with Crippen molar-refractivity contribution in [2.45, 2.75) is 0 Å². The lowest BCUT2D eigenvalue weighted by Gasteiger charge is -2.00. The van der Waals surface area contributed by atoms with E-state index in [0.717, 1.165) is 10.3 Å². The van der Waals surface area contributed by atoms with Gasteiger partial charge < -0.3 is 9.26 Å². The molecule has 1 N–H and O–H groups in total. The molecule has 2 aromatic heterocycles. The number of hydrogen-bond acceptors (Lipinski definition) is 6. The Balaban J connectivity index is 1.60. The fourth-order valence-electron chi connectivity index (χ4n) is 2.45. The number of nitrogens with zero attached hydrogens (tertiary/aromatic N) is 2. The number of aromatic nitrogens is 2. The van der Waals surface area contributed by atoms with Gasteiger partial charge in [0, 0.05) is 11.6 Å². The van der Waals surface area contributed by atoms with Crippen molar-refractivity contribution in [3.8, 4) is 17.1 Å². The number of rotatable bonds is 4. The SMILES string of the molecule is COc1ccc(Cl)c2sc(NC(=O)c3cc(-c4ccccc4)on3)nc12. The number of fused-ring (bicyclic) bond motifs is 1. The fraction of sp³-hybridized carbons (Fsp3) is 0.0556. The molecular weight excluding hydrogens is 374 g/mol. The van der Waals surface area contributed by atoms with Crippen LogP contribution in [0.25, 0.3) is 21.5 Å². The van der Waals surface area contributed by atoms with Crippen LogP contribution in [0.5, 0.6) is 5.75 Å². The van der Waals surface area contributed by atoms with Crippen molar-refractivity contribution in [1.29, 1.82) is 0 Å². The number of halogens is 1. The van der Waals surface area contributed by atoms with Gasteiger partial charge in [0.05, 0.1) is 16.8 Å². The molecule has 0 radical (unpaired) electrons. The molecule has 6 nitrogen and oxygen atoms in total. The number of hydrogen-bond donors (Lipinski definition) is 1. The van der Waals surface area contributed by atoms with Crippen molar-refractivity contribution in [1.82, 2.24) is 10.1 Å². The van der Waals surface area contributed by atoms with Crippen molar-refractivity contribution in [2.75, 3.05) is 12.4 Å². The van der Waals surface area contributed by atoms with Crippen LogP contribution in [0.15, 0.2) is 53.1 Å². The number of carbonyl (C=O) groups is 1. The Labute approximate surface area is 157 Å². The second-order valence-electron chi connectivity index (χ2n) is 5.34. The van der Waals surface area contributed by atoms with E-state index in [2.05, 4.69) is 15.5 Å². The molecule has 0 fully saturated rings. The molecule has 0 unspecified atom stereocenters. The molecule has 2 heterocycles. The highest BCUT2D eigenvalue weighted by Crippen LogP contribution is 2.37. The summed E-state index contributed by atoms with van der Waals surface area (Å²) in [6.07, 6.45) is 0. The third-order valence-electron chi connectivity index (χ3n) is 3.70. The summed E-state index contributed by atoms with van der Waals surface area (Å²) in [5, 5.41) is 7.51. The summed E-state index contributed by atoms with van der Waals surface area (Å²) >= 11 is 7.47. The van der Waals surface area contributed by atoms with Gasteiger partial charge in [-0.3, -0.25) is 10.1 Å². The molecule has 0 aliphatic heterocycles. The average Bonchev–Trinajstić information content (AvgIpc) is 3.30. The van der Waals surface area contributed by atoms with E-state index in [4.69, 9.17) is 20.9 Å². The van der Waals surface area contributed by atoms with Crippen LogP contribution in [0.3, 0.4) is 0 Å². The number of nitrogens with one attached hydrogen (secondary N) is 1. The highest BCUT2D eigenvalue weighted by Gasteiger charge is 2.17. The molecular formula is C18H12ClN3O3S. The van der Waals surface area contributed by atoms with Gasteiger partial charge in [-0.05, 0) is 12.1 Å². The van der Waals surface area contributed by atoms with Crippen molar-refractivity contribution in [3.63, 3.8) is 0 Å². The highest BCUT2D eigenvalue weighted by atomic mass is 35.5. The molecule has 4 aromatic rings. The third kappa shape index (κ3) is 3.02. The van der Waals surface area contributed by atoms with E-state index in [1.54, 1.807) is 25.3 Å². The van der Waals surface area contributed by atoms with Crippen LogP contribution in [-0.4, -0.2) is 23.2 Å². The van der Waals surface area contributed by atoms with Crippen LogP contribution in [-0.2, 0) is 0 Å². The lowest BCUT2D eigenvalue weighted by molar-refractivity contribution is 0.101. The molecule has 1 amide bonds. The maximum Gasteiger partial charge on any atom is 0.279 e. The number of thiazole rings is 1. The highest BCUT2D eigenvalue weighted by molar-refractivity contribution is 7.23. The predicted octanol–water partition coefficient (Wildman–Crippen LogP) is 4.87. The zero-order chi connectivity index (χ0) is 18.1. The summed E-state index contributed by atoms with van der Waals surface area (Å²) in [4.78, 5) is 16.8. The summed E-state index contributed by atoms with van der Waals surface area (Å²) in [5.41, 5.74) is 1.61. The topological polar surface area (TPSA) is 77.2 Å². The van der Waals surface area contributed by atoms with Crippen LogP contribution in [0, 0.1) is 0 Å². The van der Waals surface area contributed by atoms with Gasteiger partial charge in [-0.1, -0.05) is 58.4 Å². The molecule has 0 aliphatic rings. The number of ether oxygens (including phenoxy) is 1. The van der Waals surface area contributed by atoms with Crippen LogP contribution >= 0.6 is 22.9 Å². The Morgan fingerprint density at radius 1 is 1.23 bits per heavy atom. The van der Waals surface area contributed by atoms with Crippen molar-refractivity contribution < 1.29 is 14.1 Å². The molecule has 8 heteroatoms. The Bertz CT molecular complexity index is 1090. The van der Waals surface area contributed by atoms with Gasteiger partial charge in [0.25, 0.3) is 5.91 Å². The van der Waals surface area contributed by atoms with E-state index in [9.17, 15) is 4.79 Å². The molecule has 0 spiro atoms. The summed E-state index contributed by atoms with van der Waals surface area (Å²) < 4.78 is 11.3. The zero-order valence-corrected chi connectivity index (χ0v) is 15.1. The first-order valence-corrected chi connectivity index (χ1v) is 8.81. The smallest absolute Gasteiger partial charge is 0.279 e. The van der Waals surface area contributed by atoms with Gasteiger partial charge in [0.1, 0.15) is 11.3 Å². The van der Waals surface area contributed by atoms with Crippen LogP contribution < -0.4 is 10.1 Å². The Morgan fingerprint density at radius 3 is 2.81 bits per heavy atom. The largest absolute Gasteiger partial charge is 0.494 e. The Morgan fingerprint density at radius 2 is 2.04 bits per heavy atom. The van der Waals surface area contributed by atoms with Gasteiger partial charge in [0.15, 0.2) is 16.6 Å². The van der Waals surface area contributed by atoms with Crippen molar-refractivity contribution in [2.24, 2.45) is 0 Å². The third-order valence-corrected chi connectivity index (χ3v) is 5.13. The summed E-state index contributed by atoms with van der Waals surface area (Å²) in [7, 11) is 1.56. The van der Waals surface area contributed by atoms with E-state index >= 15 is 0 Å². The molecule has 2 aromatic carbocycles. The summed E-state index contributed by atoms with van der Waals surface area (Å²) in [6.45, 7) is 0. The Hall–Kier alpha value is -2.90. The van der Waals surface area contributed by atoms with Crippen molar-refractivity contribution in [3.05, 3.63) is 59.2 Å². The van der Waals surface area contributed by atoms with Crippen molar-refractivity contribution >= 4 is 44.2 Å². The van der Waals surface area contributed by atoms with Gasteiger partial charge >= 0.3 is 0 Å². The van der Waals surface area contributed by atoms with E-state index in [-0.39, 0.29) is 5.69 Å². The molecule has 0 atom stereocenters. The average molecular weight is 386 g/mol. The minimum atomic E-state index is -0.412. The molecule has 0 bridgehead atoms. The fourth-order valence-corrected chi connectivity index (χ4v) is 3.60. The summed E-state index contributed by atoms with van der Waals surface area (Å²) in [6, 6.07) is 14.5. The van der Waals surface area contributed by atoms with E-state index in [1.807, 2.05) is 30.3 Å². The quantitative estimate of drug-likeness (QED) is 0.542. The molecule has 130 valence electrons. The van der Waals surface area contributed by atoms with E-state index < -0.39 is 5.91 Å². The number of methoxy groups -OCH3 is 1. The minimum Gasteiger partial charge on any atom is -0.494 e. The van der Waals surface area contributed by atoms with Crippen LogP contribution in [0.2, 0.25) is 5.02 Å².